The molecule has 5 aliphatic rings. The maximum atomic E-state index is 13.9. The van der Waals surface area contributed by atoms with Gasteiger partial charge < -0.3 is 66.4 Å². The third-order valence-corrected chi connectivity index (χ3v) is 13.3. The number of hydrogen-bond acceptors (Lipinski definition) is 13. The van der Waals surface area contributed by atoms with E-state index in [9.17, 15) is 45.3 Å². The minimum Gasteiger partial charge on any atom is -0.508 e. The molecule has 11 unspecified atom stereocenters. The molecule has 2 saturated carbocycles. The van der Waals surface area contributed by atoms with Gasteiger partial charge in [-0.3, -0.25) is 9.79 Å². The number of ether oxygens (including phenoxy) is 2. The number of nitrogens with zero attached hydrogens (tertiary/aromatic N) is 1. The minimum absolute atomic E-state index is 0.00341. The quantitative estimate of drug-likeness (QED) is 0.0528. The van der Waals surface area contributed by atoms with Gasteiger partial charge in [0.1, 0.15) is 40.3 Å². The van der Waals surface area contributed by atoms with Crippen LogP contribution in [0.4, 0.5) is 0 Å². The summed E-state index contributed by atoms with van der Waals surface area (Å²) in [6.45, 7) is -0.870. The molecule has 16 nitrogen and oxygen atoms in total. The molecular formula is C43H44N4O12. The number of benzene rings is 3. The van der Waals surface area contributed by atoms with E-state index in [1.54, 1.807) is 12.1 Å². The van der Waals surface area contributed by atoms with Crippen LogP contribution in [0.3, 0.4) is 0 Å². The van der Waals surface area contributed by atoms with Gasteiger partial charge in [-0.15, -0.1) is 0 Å². The second-order valence-electron chi connectivity index (χ2n) is 16.4. The van der Waals surface area contributed by atoms with Gasteiger partial charge >= 0.3 is 5.97 Å². The number of nitrogens with two attached hydrogens (primary N) is 2. The molecule has 3 aromatic carbocycles. The molecule has 0 radical (unpaired) electrons. The predicted octanol–water partition coefficient (Wildman–Crippen LogP) is 2.10. The lowest BCUT2D eigenvalue weighted by Gasteiger charge is -2.61. The number of aromatic hydroxyl groups is 3. The second kappa shape index (κ2) is 13.8. The van der Waals surface area contributed by atoms with Gasteiger partial charge in [-0.25, -0.2) is 4.79 Å². The summed E-state index contributed by atoms with van der Waals surface area (Å²) in [7, 11) is 2.00. The Morgan fingerprint density at radius 2 is 1.80 bits per heavy atom. The summed E-state index contributed by atoms with van der Waals surface area (Å²) in [5.74, 6) is -3.58. The molecule has 1 aromatic heterocycles. The number of carboxylic acid groups (broad SMARTS) is 1. The lowest BCUT2D eigenvalue weighted by Crippen LogP contribution is -2.70. The highest BCUT2D eigenvalue weighted by Gasteiger charge is 2.60. The van der Waals surface area contributed by atoms with Gasteiger partial charge in [0.05, 0.1) is 6.54 Å². The summed E-state index contributed by atoms with van der Waals surface area (Å²) in [5.41, 5.74) is 11.1. The van der Waals surface area contributed by atoms with Crippen molar-refractivity contribution in [2.75, 3.05) is 13.6 Å². The molecule has 1 spiro atoms. The van der Waals surface area contributed by atoms with E-state index >= 15 is 0 Å². The van der Waals surface area contributed by atoms with Crippen molar-refractivity contribution >= 4 is 34.5 Å². The van der Waals surface area contributed by atoms with Crippen molar-refractivity contribution in [3.05, 3.63) is 93.7 Å². The number of phenols is 3. The number of aliphatic hydroxyl groups is 3. The van der Waals surface area contributed by atoms with Gasteiger partial charge in [0.25, 0.3) is 0 Å². The number of aliphatic imine (C=N–C) groups is 1. The molecule has 1 aliphatic heterocycles. The van der Waals surface area contributed by atoms with Gasteiger partial charge in [-0.2, -0.15) is 0 Å². The Bertz CT molecular complexity index is 2550. The summed E-state index contributed by atoms with van der Waals surface area (Å²) >= 11 is 0. The Morgan fingerprint density at radius 1 is 1.02 bits per heavy atom. The van der Waals surface area contributed by atoms with E-state index in [0.29, 0.717) is 23.0 Å². The van der Waals surface area contributed by atoms with Crippen molar-refractivity contribution in [2.24, 2.45) is 40.1 Å². The van der Waals surface area contributed by atoms with E-state index < -0.39 is 76.7 Å². The summed E-state index contributed by atoms with van der Waals surface area (Å²) < 4.78 is 17.3. The Labute approximate surface area is 336 Å². The maximum absolute atomic E-state index is 13.9. The Balaban J connectivity index is 1.16. The smallest absolute Gasteiger partial charge is 0.335 e. The average molecular weight is 809 g/mol. The molecular weight excluding hydrogens is 764 g/mol. The summed E-state index contributed by atoms with van der Waals surface area (Å²) in [6.07, 6.45) is 1.20. The zero-order chi connectivity index (χ0) is 41.7. The summed E-state index contributed by atoms with van der Waals surface area (Å²) in [6, 6.07) is 15.6. The van der Waals surface area contributed by atoms with E-state index in [2.05, 4.69) is 46.7 Å². The zero-order valence-corrected chi connectivity index (χ0v) is 31.7. The van der Waals surface area contributed by atoms with Gasteiger partial charge in [0.15, 0.2) is 29.0 Å². The molecule has 3 fully saturated rings. The van der Waals surface area contributed by atoms with E-state index in [1.165, 1.54) is 17.7 Å². The van der Waals surface area contributed by atoms with Crippen LogP contribution in [0.5, 0.6) is 23.0 Å². The first-order valence-corrected chi connectivity index (χ1v) is 19.4. The van der Waals surface area contributed by atoms with Crippen molar-refractivity contribution in [2.45, 2.75) is 60.9 Å². The van der Waals surface area contributed by atoms with E-state index in [4.69, 9.17) is 25.4 Å². The van der Waals surface area contributed by atoms with Crippen LogP contribution in [-0.2, 0) is 14.9 Å². The molecule has 9 rings (SSSR count). The topological polar surface area (TPSA) is 284 Å². The highest BCUT2D eigenvalue weighted by Crippen LogP contribution is 2.65. The zero-order valence-electron chi connectivity index (χ0n) is 31.7. The molecule has 12 N–H and O–H groups in total. The van der Waals surface area contributed by atoms with Crippen LogP contribution >= 0.6 is 0 Å². The third kappa shape index (κ3) is 5.88. The normalized spacial score (nSPS) is 32.8. The number of hydrogen-bond donors (Lipinski definition) is 10. The molecule has 4 aliphatic carbocycles. The third-order valence-electron chi connectivity index (χ3n) is 13.3. The number of fused-ring (bicyclic) bond motifs is 4. The molecule has 0 amide bonds. The van der Waals surface area contributed by atoms with E-state index in [-0.39, 0.29) is 40.4 Å². The van der Waals surface area contributed by atoms with Crippen LogP contribution < -0.4 is 26.9 Å². The van der Waals surface area contributed by atoms with E-state index in [1.807, 2.05) is 13.1 Å². The van der Waals surface area contributed by atoms with Crippen molar-refractivity contribution < 1.29 is 54.4 Å². The number of carbonyl (C=O) groups is 1. The Hall–Kier alpha value is -5.91. The lowest BCUT2D eigenvalue weighted by molar-refractivity contribution is -0.303. The molecule has 11 atom stereocenters. The number of aliphatic carboxylic acids is 1. The molecule has 2 heterocycles. The molecule has 4 aromatic rings. The summed E-state index contributed by atoms with van der Waals surface area (Å²) in [4.78, 5) is 29.5. The molecule has 308 valence electrons. The second-order valence-corrected chi connectivity index (χ2v) is 16.4. The van der Waals surface area contributed by atoms with Gasteiger partial charge in [0, 0.05) is 35.1 Å². The number of aliphatic hydroxyl groups excluding tert-OH is 2. The van der Waals surface area contributed by atoms with Crippen molar-refractivity contribution in [3.63, 3.8) is 0 Å². The molecule has 1 saturated heterocycles. The maximum Gasteiger partial charge on any atom is 0.335 e. The summed E-state index contributed by atoms with van der Waals surface area (Å²) in [5, 5.41) is 79.2. The molecule has 16 heteroatoms. The first-order chi connectivity index (χ1) is 28.1. The van der Waals surface area contributed by atoms with Crippen LogP contribution in [0.2, 0.25) is 0 Å². The first kappa shape index (κ1) is 38.6. The number of carboxylic acids is 1. The standard InChI is InChI=1S/C43H44N4O12/c1-46-27-12-18-8-9-42-16-20(18)11-25(27)33(42)24(10-19-4-2-3-5-26(19)42)23-13-21(48)6-7-22(23)29-14-28(49)32-30(57-29)15-31(34(50)35(32)51)58-40-38(53)43(56,17-47-41(44)45)37(52)36(59-40)39(54)55/h2-10,13-15,18,20,25,27,33,36-38,40,46,48,50-53,56H,11-12,16-17H2,1H3,(H,54,55)(H4,44,45,47). The van der Waals surface area contributed by atoms with Crippen molar-refractivity contribution in [1.82, 2.24) is 5.32 Å². The number of phenolic OH excluding ortho intramolecular Hbond substituents is 3. The first-order valence-electron chi connectivity index (χ1n) is 19.4. The number of rotatable bonds is 8. The van der Waals surface area contributed by atoms with Crippen LogP contribution in [-0.4, -0.2) is 97.5 Å². The minimum atomic E-state index is -2.73. The van der Waals surface area contributed by atoms with Gasteiger partial charge in [-0.05, 0) is 84.5 Å². The van der Waals surface area contributed by atoms with Crippen molar-refractivity contribution in [1.29, 1.82) is 0 Å². The Kier molecular flexibility index (Phi) is 9.06. The fourth-order valence-electron chi connectivity index (χ4n) is 10.6. The number of allylic oxidation sites excluding steroid dienone is 3. The monoisotopic (exact) mass is 808 g/mol. The largest absolute Gasteiger partial charge is 0.508 e. The highest BCUT2D eigenvalue weighted by molar-refractivity contribution is 5.95. The van der Waals surface area contributed by atoms with Crippen LogP contribution in [0, 0.1) is 23.7 Å². The van der Waals surface area contributed by atoms with Crippen molar-refractivity contribution in [3.8, 4) is 34.3 Å². The van der Waals surface area contributed by atoms with Gasteiger partial charge in [0.2, 0.25) is 12.0 Å². The van der Waals surface area contributed by atoms with Crippen LogP contribution in [0.15, 0.2) is 81.0 Å². The molecule has 3 bridgehead atoms. The van der Waals surface area contributed by atoms with Crippen LogP contribution in [0.1, 0.15) is 36.0 Å². The molecule has 59 heavy (non-hydrogen) atoms. The van der Waals surface area contributed by atoms with Crippen LogP contribution in [0.25, 0.3) is 33.9 Å². The fourth-order valence-corrected chi connectivity index (χ4v) is 10.6. The predicted molar refractivity (Wildman–Crippen MR) is 213 cm³/mol. The highest BCUT2D eigenvalue weighted by atomic mass is 16.7. The number of nitrogens with one attached hydrogen (secondary N) is 1. The van der Waals surface area contributed by atoms with Gasteiger partial charge in [-0.1, -0.05) is 42.5 Å². The fraction of sp³-hybridized carbons (Fsp3) is 0.372. The van der Waals surface area contributed by atoms with E-state index in [0.717, 1.165) is 36.5 Å². The SMILES string of the molecule is CNC1CC2C=CC34CC2CC1C3C(c1cc(O)ccc1-c1cc(=O)c2c(O)c(O)c(OC3OC(C(=O)O)C(O)C(O)(CN=C(N)N)C3O)cc2o1)=Cc1ccccc14. The number of guanidine groups is 1. The average Bonchev–Trinajstić information content (AvgIpc) is 3.20. The Morgan fingerprint density at radius 3 is 2.54 bits per heavy atom. The lowest BCUT2D eigenvalue weighted by atomic mass is 9.44.